The van der Waals surface area contributed by atoms with E-state index in [1.54, 1.807) is 11.3 Å². The molecule has 7 heteroatoms. The lowest BCUT2D eigenvalue weighted by Gasteiger charge is -2.21. The fourth-order valence-electron chi connectivity index (χ4n) is 3.54. The van der Waals surface area contributed by atoms with Crippen molar-refractivity contribution in [1.29, 1.82) is 0 Å². The molecule has 3 heterocycles. The van der Waals surface area contributed by atoms with E-state index in [1.807, 2.05) is 0 Å². The van der Waals surface area contributed by atoms with Crippen LogP contribution < -0.4 is 10.6 Å². The number of rotatable bonds is 8. The summed E-state index contributed by atoms with van der Waals surface area (Å²) in [6.07, 6.45) is 6.84. The summed E-state index contributed by atoms with van der Waals surface area (Å²) in [5, 5.41) is 17.8. The molecule has 2 N–H and O–H groups in total. The Hall–Kier alpha value is -1.89. The van der Waals surface area contributed by atoms with E-state index in [0.717, 1.165) is 57.2 Å². The predicted molar refractivity (Wildman–Crippen MR) is 117 cm³/mol. The Kier molecular flexibility index (Phi) is 7.48. The third-order valence-corrected chi connectivity index (χ3v) is 6.46. The van der Waals surface area contributed by atoms with Crippen LogP contribution in [0, 0.1) is 0 Å². The lowest BCUT2D eigenvalue weighted by Crippen LogP contribution is -2.39. The first-order valence-electron chi connectivity index (χ1n) is 10.6. The summed E-state index contributed by atoms with van der Waals surface area (Å²) >= 11 is 1.80. The molecule has 0 radical (unpaired) electrons. The molecule has 28 heavy (non-hydrogen) atoms. The Morgan fingerprint density at radius 2 is 2.14 bits per heavy atom. The summed E-state index contributed by atoms with van der Waals surface area (Å²) < 4.78 is 2.34. The third kappa shape index (κ3) is 5.56. The van der Waals surface area contributed by atoms with Gasteiger partial charge < -0.3 is 15.2 Å². The standard InChI is InChI=1S/C21H34N6S/c1-4-22-20(24-16-21(2,3)17-10-9-15-28-17)23-13-8-12-19-26-25-18-11-6-5-7-14-27(18)19/h9-10,15H,4-8,11-14,16H2,1-3H3,(H2,22,23,24). The van der Waals surface area contributed by atoms with Crippen molar-refractivity contribution in [3.8, 4) is 0 Å². The lowest BCUT2D eigenvalue weighted by atomic mass is 9.92. The third-order valence-electron chi connectivity index (χ3n) is 5.22. The van der Waals surface area contributed by atoms with Gasteiger partial charge in [0.1, 0.15) is 11.6 Å². The first-order valence-corrected chi connectivity index (χ1v) is 11.5. The summed E-state index contributed by atoms with van der Waals surface area (Å²) in [7, 11) is 0. The second kappa shape index (κ2) is 10.0. The van der Waals surface area contributed by atoms with E-state index in [0.29, 0.717) is 0 Å². The smallest absolute Gasteiger partial charge is 0.191 e. The zero-order valence-corrected chi connectivity index (χ0v) is 18.3. The van der Waals surface area contributed by atoms with E-state index < -0.39 is 0 Å². The van der Waals surface area contributed by atoms with Crippen molar-refractivity contribution in [3.05, 3.63) is 34.0 Å². The lowest BCUT2D eigenvalue weighted by molar-refractivity contribution is 0.548. The summed E-state index contributed by atoms with van der Waals surface area (Å²) in [4.78, 5) is 6.20. The van der Waals surface area contributed by atoms with Crippen LogP contribution in [0.1, 0.15) is 63.0 Å². The molecule has 0 unspecified atom stereocenters. The fourth-order valence-corrected chi connectivity index (χ4v) is 4.39. The molecular formula is C21H34N6S. The molecule has 3 rings (SSSR count). The normalized spacial score (nSPS) is 15.2. The highest BCUT2D eigenvalue weighted by atomic mass is 32.1. The first kappa shape index (κ1) is 20.8. The number of aliphatic imine (C=N–C) groups is 1. The number of aryl methyl sites for hydroxylation is 2. The van der Waals surface area contributed by atoms with Crippen LogP contribution in [0.15, 0.2) is 22.5 Å². The molecule has 2 aromatic heterocycles. The van der Waals surface area contributed by atoms with E-state index in [-0.39, 0.29) is 5.41 Å². The van der Waals surface area contributed by atoms with E-state index >= 15 is 0 Å². The highest BCUT2D eigenvalue weighted by molar-refractivity contribution is 7.10. The summed E-state index contributed by atoms with van der Waals surface area (Å²) in [6.45, 7) is 10.2. The zero-order chi connectivity index (χ0) is 19.8. The predicted octanol–water partition coefficient (Wildman–Crippen LogP) is 3.53. The molecule has 0 saturated heterocycles. The van der Waals surface area contributed by atoms with Gasteiger partial charge in [-0.05, 0) is 37.6 Å². The highest BCUT2D eigenvalue weighted by Crippen LogP contribution is 2.27. The average Bonchev–Trinajstić information content (AvgIpc) is 3.29. The van der Waals surface area contributed by atoms with Gasteiger partial charge in [-0.1, -0.05) is 26.3 Å². The summed E-state index contributed by atoms with van der Waals surface area (Å²) in [5.41, 5.74) is 0.0512. The SMILES string of the molecule is CCNC(=NCC(C)(C)c1cccs1)NCCCc1nnc2n1CCCCC2. The van der Waals surface area contributed by atoms with Gasteiger partial charge in [-0.3, -0.25) is 4.99 Å². The van der Waals surface area contributed by atoms with Crippen molar-refractivity contribution in [2.75, 3.05) is 19.6 Å². The topological polar surface area (TPSA) is 67.1 Å². The summed E-state index contributed by atoms with van der Waals surface area (Å²) in [6, 6.07) is 4.31. The molecule has 0 bridgehead atoms. The number of fused-ring (bicyclic) bond motifs is 1. The molecule has 1 aliphatic rings. The molecule has 0 spiro atoms. The molecular weight excluding hydrogens is 368 g/mol. The number of guanidine groups is 1. The van der Waals surface area contributed by atoms with Gasteiger partial charge in [0.15, 0.2) is 5.96 Å². The Bertz CT molecular complexity index is 747. The molecule has 1 aliphatic heterocycles. The largest absolute Gasteiger partial charge is 0.357 e. The zero-order valence-electron chi connectivity index (χ0n) is 17.5. The maximum Gasteiger partial charge on any atom is 0.191 e. The van der Waals surface area contributed by atoms with Gasteiger partial charge in [-0.25, -0.2) is 0 Å². The van der Waals surface area contributed by atoms with Gasteiger partial charge in [0, 0.05) is 42.8 Å². The number of nitrogens with one attached hydrogen (secondary N) is 2. The van der Waals surface area contributed by atoms with Crippen LogP contribution in [0.3, 0.4) is 0 Å². The van der Waals surface area contributed by atoms with Gasteiger partial charge in [-0.2, -0.15) is 0 Å². The van der Waals surface area contributed by atoms with Crippen LogP contribution in [0.2, 0.25) is 0 Å². The van der Waals surface area contributed by atoms with Crippen LogP contribution in [0.5, 0.6) is 0 Å². The number of thiophene rings is 1. The van der Waals surface area contributed by atoms with E-state index in [9.17, 15) is 0 Å². The quantitative estimate of drug-likeness (QED) is 0.403. The van der Waals surface area contributed by atoms with E-state index in [2.05, 4.69) is 63.7 Å². The second-order valence-electron chi connectivity index (χ2n) is 8.08. The minimum atomic E-state index is 0.0512. The molecule has 0 aliphatic carbocycles. The molecule has 0 fully saturated rings. The number of aromatic nitrogens is 3. The molecule has 0 atom stereocenters. The molecule has 6 nitrogen and oxygen atoms in total. The van der Waals surface area contributed by atoms with Gasteiger partial charge in [0.05, 0.1) is 6.54 Å². The monoisotopic (exact) mass is 402 g/mol. The van der Waals surface area contributed by atoms with Crippen molar-refractivity contribution in [2.24, 2.45) is 4.99 Å². The highest BCUT2D eigenvalue weighted by Gasteiger charge is 2.21. The van der Waals surface area contributed by atoms with E-state index in [4.69, 9.17) is 4.99 Å². The van der Waals surface area contributed by atoms with Crippen LogP contribution in [0.25, 0.3) is 0 Å². The Balaban J connectivity index is 1.49. The van der Waals surface area contributed by atoms with Gasteiger partial charge in [0.2, 0.25) is 0 Å². The van der Waals surface area contributed by atoms with Crippen molar-refractivity contribution < 1.29 is 0 Å². The molecule has 2 aromatic rings. The average molecular weight is 403 g/mol. The van der Waals surface area contributed by atoms with Gasteiger partial charge >= 0.3 is 0 Å². The Labute approximate surface area is 172 Å². The van der Waals surface area contributed by atoms with Crippen LogP contribution in [0.4, 0.5) is 0 Å². The number of nitrogens with zero attached hydrogens (tertiary/aromatic N) is 4. The minimum Gasteiger partial charge on any atom is -0.357 e. The van der Waals surface area contributed by atoms with Crippen molar-refractivity contribution in [2.45, 2.75) is 71.3 Å². The molecule has 0 amide bonds. The van der Waals surface area contributed by atoms with Crippen molar-refractivity contribution in [3.63, 3.8) is 0 Å². The maximum atomic E-state index is 4.83. The Morgan fingerprint density at radius 1 is 1.25 bits per heavy atom. The van der Waals surface area contributed by atoms with Crippen molar-refractivity contribution >= 4 is 17.3 Å². The van der Waals surface area contributed by atoms with Gasteiger partial charge in [-0.15, -0.1) is 21.5 Å². The van der Waals surface area contributed by atoms with Crippen LogP contribution in [-0.4, -0.2) is 40.4 Å². The van der Waals surface area contributed by atoms with Crippen molar-refractivity contribution in [1.82, 2.24) is 25.4 Å². The molecule has 0 aromatic carbocycles. The maximum absolute atomic E-state index is 4.83. The molecule has 0 saturated carbocycles. The van der Waals surface area contributed by atoms with Crippen LogP contribution in [-0.2, 0) is 24.8 Å². The first-order chi connectivity index (χ1) is 13.6. The number of hydrogen-bond acceptors (Lipinski definition) is 4. The number of hydrogen-bond donors (Lipinski definition) is 2. The molecule has 154 valence electrons. The minimum absolute atomic E-state index is 0.0512. The Morgan fingerprint density at radius 3 is 2.93 bits per heavy atom. The fraction of sp³-hybridized carbons (Fsp3) is 0.667. The summed E-state index contributed by atoms with van der Waals surface area (Å²) in [5.74, 6) is 3.21. The van der Waals surface area contributed by atoms with Crippen LogP contribution >= 0.6 is 11.3 Å². The van der Waals surface area contributed by atoms with E-state index in [1.165, 1.54) is 30.0 Å². The second-order valence-corrected chi connectivity index (χ2v) is 9.03. The van der Waals surface area contributed by atoms with Gasteiger partial charge in [0.25, 0.3) is 0 Å².